The van der Waals surface area contributed by atoms with E-state index in [0.29, 0.717) is 0 Å². The predicted octanol–water partition coefficient (Wildman–Crippen LogP) is 0.181. The second-order valence-electron chi connectivity index (χ2n) is 1.75. The molecule has 0 aliphatic heterocycles. The maximum Gasteiger partial charge on any atom is 0.234 e. The summed E-state index contributed by atoms with van der Waals surface area (Å²) in [6.45, 7) is 1.70. The topological polar surface area (TPSA) is 41.1 Å². The summed E-state index contributed by atoms with van der Waals surface area (Å²) in [6.07, 6.45) is 0.983. The Balaban J connectivity index is 2.83. The SMILES string of the molecule is CNCCCNC(=O)P. The van der Waals surface area contributed by atoms with E-state index in [1.54, 1.807) is 0 Å². The van der Waals surface area contributed by atoms with Crippen molar-refractivity contribution in [3.63, 3.8) is 0 Å². The number of nitrogens with one attached hydrogen (secondary N) is 2. The molecular weight excluding hydrogens is 135 g/mol. The molecule has 0 aromatic rings. The Morgan fingerprint density at radius 1 is 1.56 bits per heavy atom. The Morgan fingerprint density at radius 2 is 2.22 bits per heavy atom. The van der Waals surface area contributed by atoms with Crippen LogP contribution in [0.15, 0.2) is 0 Å². The van der Waals surface area contributed by atoms with E-state index >= 15 is 0 Å². The first-order valence-corrected chi connectivity index (χ1v) is 3.53. The molecule has 0 aliphatic rings. The molecule has 3 nitrogen and oxygen atoms in total. The van der Waals surface area contributed by atoms with E-state index < -0.39 is 0 Å². The highest BCUT2D eigenvalue weighted by atomic mass is 31.0. The van der Waals surface area contributed by atoms with Crippen LogP contribution in [-0.4, -0.2) is 25.8 Å². The van der Waals surface area contributed by atoms with Gasteiger partial charge in [0.05, 0.1) is 0 Å². The summed E-state index contributed by atoms with van der Waals surface area (Å²) in [5, 5.41) is 5.65. The lowest BCUT2D eigenvalue weighted by atomic mass is 10.4. The van der Waals surface area contributed by atoms with Crippen LogP contribution in [0.4, 0.5) is 4.79 Å². The van der Waals surface area contributed by atoms with Gasteiger partial charge in [0.15, 0.2) is 0 Å². The van der Waals surface area contributed by atoms with Crippen LogP contribution in [0, 0.1) is 0 Å². The van der Waals surface area contributed by atoms with Crippen molar-refractivity contribution in [2.45, 2.75) is 6.42 Å². The van der Waals surface area contributed by atoms with Gasteiger partial charge in [-0.3, -0.25) is 4.79 Å². The molecule has 0 aromatic carbocycles. The molecule has 2 N–H and O–H groups in total. The number of rotatable bonds is 4. The summed E-state index contributed by atoms with van der Waals surface area (Å²) in [5.74, 6) is 0. The van der Waals surface area contributed by atoms with Crippen molar-refractivity contribution in [3.8, 4) is 0 Å². The molecule has 1 atom stereocenters. The number of hydrogen-bond acceptors (Lipinski definition) is 2. The van der Waals surface area contributed by atoms with E-state index in [2.05, 4.69) is 19.9 Å². The smallest absolute Gasteiger partial charge is 0.234 e. The molecule has 1 unspecified atom stereocenters. The van der Waals surface area contributed by atoms with E-state index in [0.717, 1.165) is 19.5 Å². The van der Waals surface area contributed by atoms with Gasteiger partial charge in [-0.05, 0) is 29.3 Å². The lowest BCUT2D eigenvalue weighted by Crippen LogP contribution is -2.21. The van der Waals surface area contributed by atoms with Crippen LogP contribution in [0.3, 0.4) is 0 Å². The van der Waals surface area contributed by atoms with Gasteiger partial charge in [-0.15, -0.1) is 0 Å². The van der Waals surface area contributed by atoms with Gasteiger partial charge < -0.3 is 10.6 Å². The Labute approximate surface area is 57.8 Å². The van der Waals surface area contributed by atoms with E-state index in [-0.39, 0.29) is 5.65 Å². The quantitative estimate of drug-likeness (QED) is 0.441. The van der Waals surface area contributed by atoms with Gasteiger partial charge in [0.25, 0.3) is 0 Å². The zero-order valence-corrected chi connectivity index (χ0v) is 6.76. The predicted molar refractivity (Wildman–Crippen MR) is 41.7 cm³/mol. The van der Waals surface area contributed by atoms with E-state index in [9.17, 15) is 4.79 Å². The molecule has 0 rings (SSSR count). The van der Waals surface area contributed by atoms with Crippen LogP contribution in [-0.2, 0) is 0 Å². The molecule has 0 radical (unpaired) electrons. The summed E-state index contributed by atoms with van der Waals surface area (Å²) >= 11 is 0. The fourth-order valence-electron chi connectivity index (χ4n) is 0.477. The third kappa shape index (κ3) is 7.86. The first kappa shape index (κ1) is 8.86. The highest BCUT2D eigenvalue weighted by Gasteiger charge is 1.87. The van der Waals surface area contributed by atoms with Crippen molar-refractivity contribution in [1.82, 2.24) is 10.6 Å². The third-order valence-electron chi connectivity index (χ3n) is 0.903. The van der Waals surface area contributed by atoms with Gasteiger partial charge in [-0.1, -0.05) is 0 Å². The van der Waals surface area contributed by atoms with Crippen molar-refractivity contribution in [3.05, 3.63) is 0 Å². The van der Waals surface area contributed by atoms with Gasteiger partial charge in [0.1, 0.15) is 0 Å². The van der Waals surface area contributed by atoms with Gasteiger partial charge in [0.2, 0.25) is 5.65 Å². The normalized spacial score (nSPS) is 9.11. The molecule has 0 saturated heterocycles. The van der Waals surface area contributed by atoms with Gasteiger partial charge in [-0.25, -0.2) is 0 Å². The third-order valence-corrected chi connectivity index (χ3v) is 1.11. The molecule has 9 heavy (non-hydrogen) atoms. The minimum atomic E-state index is -0.0360. The molecular formula is C5H13N2OP. The van der Waals surface area contributed by atoms with Crippen molar-refractivity contribution >= 4 is 14.9 Å². The lowest BCUT2D eigenvalue weighted by molar-refractivity contribution is 0.260. The highest BCUT2D eigenvalue weighted by molar-refractivity contribution is 7.39. The van der Waals surface area contributed by atoms with Crippen LogP contribution in [0.2, 0.25) is 0 Å². The Kier molecular flexibility index (Phi) is 5.89. The number of carbonyl (C=O) groups is 1. The van der Waals surface area contributed by atoms with Crippen LogP contribution >= 0.6 is 9.24 Å². The number of amides is 1. The molecule has 0 bridgehead atoms. The number of carbonyl (C=O) groups excluding carboxylic acids is 1. The summed E-state index contributed by atoms with van der Waals surface area (Å²) in [7, 11) is 3.96. The highest BCUT2D eigenvalue weighted by Crippen LogP contribution is 1.81. The lowest BCUT2D eigenvalue weighted by Gasteiger charge is -1.99. The average Bonchev–Trinajstić information content (AvgIpc) is 1.80. The minimum absolute atomic E-state index is 0.0360. The second kappa shape index (κ2) is 5.99. The molecule has 0 fully saturated rings. The summed E-state index contributed by atoms with van der Waals surface area (Å²) in [6, 6.07) is 0. The summed E-state index contributed by atoms with van der Waals surface area (Å²) in [4.78, 5) is 10.2. The molecule has 54 valence electrons. The van der Waals surface area contributed by atoms with Crippen LogP contribution < -0.4 is 10.6 Å². The molecule has 1 amide bonds. The largest absolute Gasteiger partial charge is 0.353 e. The molecule has 0 spiro atoms. The maximum atomic E-state index is 10.2. The fraction of sp³-hybridized carbons (Fsp3) is 0.800. The minimum Gasteiger partial charge on any atom is -0.353 e. The fourth-order valence-corrected chi connectivity index (χ4v) is 0.621. The number of hydrogen-bond donors (Lipinski definition) is 2. The first-order valence-electron chi connectivity index (χ1n) is 2.95. The summed E-state index contributed by atoms with van der Waals surface area (Å²) in [5.41, 5.74) is -0.0360. The van der Waals surface area contributed by atoms with Gasteiger partial charge in [0, 0.05) is 6.54 Å². The maximum absolute atomic E-state index is 10.2. The van der Waals surface area contributed by atoms with Crippen molar-refractivity contribution in [2.75, 3.05) is 20.1 Å². The van der Waals surface area contributed by atoms with Crippen LogP contribution in [0.1, 0.15) is 6.42 Å². The van der Waals surface area contributed by atoms with Gasteiger partial charge >= 0.3 is 0 Å². The van der Waals surface area contributed by atoms with E-state index in [1.807, 2.05) is 7.05 Å². The standard InChI is InChI=1S/C5H13N2OP/c1-6-3-2-4-7-5(8)9/h6H,2-4,9H2,1H3,(H,7,8). The Morgan fingerprint density at radius 3 is 2.67 bits per heavy atom. The zero-order chi connectivity index (χ0) is 7.11. The molecule has 0 aromatic heterocycles. The Hall–Kier alpha value is -0.140. The van der Waals surface area contributed by atoms with Crippen molar-refractivity contribution in [1.29, 1.82) is 0 Å². The zero-order valence-electron chi connectivity index (χ0n) is 5.61. The molecule has 0 aliphatic carbocycles. The van der Waals surface area contributed by atoms with Crippen LogP contribution in [0.5, 0.6) is 0 Å². The van der Waals surface area contributed by atoms with Crippen LogP contribution in [0.25, 0.3) is 0 Å². The molecule has 0 saturated carbocycles. The molecule has 0 heterocycles. The average molecular weight is 148 g/mol. The first-order chi connectivity index (χ1) is 4.27. The Bertz CT molecular complexity index is 87.0. The summed E-state index contributed by atoms with van der Waals surface area (Å²) < 4.78 is 0. The molecule has 4 heteroatoms. The van der Waals surface area contributed by atoms with Crippen molar-refractivity contribution in [2.24, 2.45) is 0 Å². The van der Waals surface area contributed by atoms with Crippen molar-refractivity contribution < 1.29 is 4.79 Å². The second-order valence-corrected chi connectivity index (χ2v) is 2.27. The van der Waals surface area contributed by atoms with E-state index in [4.69, 9.17) is 0 Å². The van der Waals surface area contributed by atoms with Gasteiger partial charge in [-0.2, -0.15) is 0 Å². The monoisotopic (exact) mass is 148 g/mol. The van der Waals surface area contributed by atoms with E-state index in [1.165, 1.54) is 0 Å².